The number of thioether (sulfide) groups is 1. The average Bonchev–Trinajstić information content (AvgIpc) is 2.35. The predicted molar refractivity (Wildman–Crippen MR) is 68.1 cm³/mol. The number of hydrogen-bond donors (Lipinski definition) is 0. The summed E-state index contributed by atoms with van der Waals surface area (Å²) in [4.78, 5) is 14.5. The van der Waals surface area contributed by atoms with Gasteiger partial charge in [0.25, 0.3) is 0 Å². The molecule has 0 bridgehead atoms. The molecule has 0 amide bonds. The molecule has 5 nitrogen and oxygen atoms in total. The molecule has 0 saturated carbocycles. The fraction of sp³-hybridized carbons (Fsp3) is 0.500. The normalized spacial score (nSPS) is 12.2. The molecule has 17 heavy (non-hydrogen) atoms. The molecule has 1 rings (SSSR count). The van der Waals surface area contributed by atoms with Gasteiger partial charge in [0.1, 0.15) is 0 Å². The fourth-order valence-electron chi connectivity index (χ4n) is 1.04. The van der Waals surface area contributed by atoms with Gasteiger partial charge in [0.2, 0.25) is 5.88 Å². The Bertz CT molecular complexity index is 403. The second kappa shape index (κ2) is 6.66. The molecule has 1 heterocycles. The molecule has 94 valence electrons. The maximum atomic E-state index is 10.8. The Morgan fingerprint density at radius 2 is 2.35 bits per heavy atom. The Kier molecular flexibility index (Phi) is 5.50. The zero-order valence-electron chi connectivity index (χ0n) is 9.55. The van der Waals surface area contributed by atoms with Gasteiger partial charge in [0.15, 0.2) is 5.03 Å². The Morgan fingerprint density at radius 1 is 1.65 bits per heavy atom. The highest BCUT2D eigenvalue weighted by atomic mass is 35.5. The lowest BCUT2D eigenvalue weighted by molar-refractivity contribution is -0.388. The molecule has 0 fully saturated rings. The predicted octanol–water partition coefficient (Wildman–Crippen LogP) is 2.97. The molecule has 0 radical (unpaired) electrons. The van der Waals surface area contributed by atoms with Crippen molar-refractivity contribution in [3.05, 3.63) is 22.2 Å². The molecule has 0 spiro atoms. The van der Waals surface area contributed by atoms with E-state index in [9.17, 15) is 10.1 Å². The van der Waals surface area contributed by atoms with Crippen LogP contribution < -0.4 is 4.74 Å². The van der Waals surface area contributed by atoms with Crippen molar-refractivity contribution in [2.75, 3.05) is 18.7 Å². The zero-order chi connectivity index (χ0) is 12.8. The summed E-state index contributed by atoms with van der Waals surface area (Å²) in [5, 5.41) is 11.2. The number of aromatic nitrogens is 1. The lowest BCUT2D eigenvalue weighted by atomic mass is 10.3. The summed E-state index contributed by atoms with van der Waals surface area (Å²) in [5.74, 6) is 1.85. The maximum absolute atomic E-state index is 10.8. The molecular weight excluding hydrogens is 264 g/mol. The molecule has 0 aliphatic carbocycles. The third kappa shape index (κ3) is 4.05. The first-order valence-electron chi connectivity index (χ1n) is 4.96. The monoisotopic (exact) mass is 276 g/mol. The SMILES string of the molecule is COc1ccc([N+](=O)[O-])c(SCC(C)CCl)n1. The van der Waals surface area contributed by atoms with Gasteiger partial charge >= 0.3 is 5.69 Å². The molecule has 0 aromatic carbocycles. The Hall–Kier alpha value is -1.01. The van der Waals surface area contributed by atoms with E-state index in [-0.39, 0.29) is 11.6 Å². The number of rotatable bonds is 6. The van der Waals surface area contributed by atoms with Gasteiger partial charge < -0.3 is 4.74 Å². The average molecular weight is 277 g/mol. The van der Waals surface area contributed by atoms with E-state index in [1.54, 1.807) is 0 Å². The number of nitrogens with zero attached hydrogens (tertiary/aromatic N) is 2. The summed E-state index contributed by atoms with van der Waals surface area (Å²) in [6.07, 6.45) is 0. The zero-order valence-corrected chi connectivity index (χ0v) is 11.1. The first-order chi connectivity index (χ1) is 8.08. The van der Waals surface area contributed by atoms with Gasteiger partial charge in [-0.2, -0.15) is 4.98 Å². The minimum atomic E-state index is -0.444. The molecule has 0 N–H and O–H groups in total. The quantitative estimate of drug-likeness (QED) is 0.346. The molecule has 7 heteroatoms. The van der Waals surface area contributed by atoms with Crippen molar-refractivity contribution in [1.82, 2.24) is 4.98 Å². The van der Waals surface area contributed by atoms with Crippen molar-refractivity contribution in [2.45, 2.75) is 11.9 Å². The minimum absolute atomic E-state index is 0.00225. The van der Waals surface area contributed by atoms with Crippen molar-refractivity contribution in [2.24, 2.45) is 5.92 Å². The Labute approximate surface area is 109 Å². The summed E-state index contributed by atoms with van der Waals surface area (Å²) < 4.78 is 4.95. The van der Waals surface area contributed by atoms with Gasteiger partial charge in [-0.15, -0.1) is 11.6 Å². The summed E-state index contributed by atoms with van der Waals surface area (Å²) >= 11 is 7.01. The molecule has 1 unspecified atom stereocenters. The molecule has 0 aliphatic rings. The molecule has 1 aromatic heterocycles. The number of halogens is 1. The highest BCUT2D eigenvalue weighted by Crippen LogP contribution is 2.30. The van der Waals surface area contributed by atoms with Crippen LogP contribution in [-0.2, 0) is 0 Å². The van der Waals surface area contributed by atoms with Crippen molar-refractivity contribution in [3.63, 3.8) is 0 Å². The van der Waals surface area contributed by atoms with Gasteiger partial charge in [-0.1, -0.05) is 18.7 Å². The lowest BCUT2D eigenvalue weighted by Crippen LogP contribution is -2.01. The van der Waals surface area contributed by atoms with Crippen LogP contribution in [0, 0.1) is 16.0 Å². The van der Waals surface area contributed by atoms with Crippen molar-refractivity contribution >= 4 is 29.1 Å². The summed E-state index contributed by atoms with van der Waals surface area (Å²) in [6.45, 7) is 1.98. The molecule has 0 aliphatic heterocycles. The fourth-order valence-corrected chi connectivity index (χ4v) is 2.28. The van der Waals surface area contributed by atoms with Crippen molar-refractivity contribution < 1.29 is 9.66 Å². The summed E-state index contributed by atoms with van der Waals surface area (Å²) in [7, 11) is 1.48. The number of methoxy groups -OCH3 is 1. The molecule has 1 aromatic rings. The van der Waals surface area contributed by atoms with Crippen molar-refractivity contribution in [3.8, 4) is 5.88 Å². The smallest absolute Gasteiger partial charge is 0.301 e. The lowest BCUT2D eigenvalue weighted by Gasteiger charge is -2.07. The van der Waals surface area contributed by atoms with E-state index in [0.29, 0.717) is 22.5 Å². The van der Waals surface area contributed by atoms with E-state index in [0.717, 1.165) is 0 Å². The van der Waals surface area contributed by atoms with E-state index in [2.05, 4.69) is 4.98 Å². The van der Waals surface area contributed by atoms with Crippen LogP contribution in [0.3, 0.4) is 0 Å². The first-order valence-corrected chi connectivity index (χ1v) is 6.48. The number of alkyl halides is 1. The van der Waals surface area contributed by atoms with Gasteiger partial charge in [0.05, 0.1) is 12.0 Å². The molecule has 1 atom stereocenters. The van der Waals surface area contributed by atoms with E-state index >= 15 is 0 Å². The largest absolute Gasteiger partial charge is 0.481 e. The van der Waals surface area contributed by atoms with E-state index in [1.807, 2.05) is 6.92 Å². The minimum Gasteiger partial charge on any atom is -0.481 e. The van der Waals surface area contributed by atoms with Gasteiger partial charge in [0, 0.05) is 23.8 Å². The van der Waals surface area contributed by atoms with Crippen LogP contribution in [0.4, 0.5) is 5.69 Å². The third-order valence-electron chi connectivity index (χ3n) is 1.99. The Balaban J connectivity index is 2.89. The second-order valence-electron chi connectivity index (χ2n) is 3.51. The van der Waals surface area contributed by atoms with Crippen molar-refractivity contribution in [1.29, 1.82) is 0 Å². The van der Waals surface area contributed by atoms with Crippen LogP contribution in [0.1, 0.15) is 6.92 Å². The topological polar surface area (TPSA) is 65.3 Å². The highest BCUT2D eigenvalue weighted by Gasteiger charge is 2.17. The van der Waals surface area contributed by atoms with Crippen LogP contribution in [0.25, 0.3) is 0 Å². The second-order valence-corrected chi connectivity index (χ2v) is 4.82. The van der Waals surface area contributed by atoms with Gasteiger partial charge in [-0.25, -0.2) is 0 Å². The van der Waals surface area contributed by atoms with Crippen LogP contribution in [0.15, 0.2) is 17.2 Å². The first kappa shape index (κ1) is 14.1. The summed E-state index contributed by atoms with van der Waals surface area (Å²) in [6, 6.07) is 2.88. The highest BCUT2D eigenvalue weighted by molar-refractivity contribution is 7.99. The van der Waals surface area contributed by atoms with Gasteiger partial charge in [-0.3, -0.25) is 10.1 Å². The van der Waals surface area contributed by atoms with Crippen LogP contribution >= 0.6 is 23.4 Å². The van der Waals surface area contributed by atoms with Crippen LogP contribution in [-0.4, -0.2) is 28.6 Å². The van der Waals surface area contributed by atoms with E-state index in [4.69, 9.17) is 16.3 Å². The standard InChI is InChI=1S/C10H13ClN2O3S/c1-7(5-11)6-17-10-8(13(14)15)3-4-9(12-10)16-2/h3-4,7H,5-6H2,1-2H3. The Morgan fingerprint density at radius 3 is 2.88 bits per heavy atom. The van der Waals surface area contributed by atoms with Crippen LogP contribution in [0.5, 0.6) is 5.88 Å². The van der Waals surface area contributed by atoms with Crippen LogP contribution in [0.2, 0.25) is 0 Å². The number of hydrogen-bond acceptors (Lipinski definition) is 5. The number of ether oxygens (including phenoxy) is 1. The van der Waals surface area contributed by atoms with Gasteiger partial charge in [-0.05, 0) is 5.92 Å². The molecular formula is C10H13ClN2O3S. The van der Waals surface area contributed by atoms with E-state index in [1.165, 1.54) is 31.0 Å². The maximum Gasteiger partial charge on any atom is 0.301 e. The molecule has 0 saturated heterocycles. The number of pyridine rings is 1. The third-order valence-corrected chi connectivity index (χ3v) is 3.82. The van der Waals surface area contributed by atoms with E-state index < -0.39 is 4.92 Å². The summed E-state index contributed by atoms with van der Waals surface area (Å²) in [5.41, 5.74) is -0.00225. The number of nitro groups is 1.